The van der Waals surface area contributed by atoms with Gasteiger partial charge in [0.15, 0.2) is 0 Å². The average molecular weight is 293 g/mol. The van der Waals surface area contributed by atoms with Crippen LogP contribution in [0.2, 0.25) is 0 Å². The van der Waals surface area contributed by atoms with Gasteiger partial charge in [0.2, 0.25) is 5.91 Å². The van der Waals surface area contributed by atoms with E-state index < -0.39 is 5.97 Å². The normalized spacial score (nSPS) is 18.2. The summed E-state index contributed by atoms with van der Waals surface area (Å²) in [4.78, 5) is 25.6. The van der Waals surface area contributed by atoms with Crippen molar-refractivity contribution in [1.82, 2.24) is 4.90 Å². The van der Waals surface area contributed by atoms with Crippen molar-refractivity contribution in [2.75, 3.05) is 18.8 Å². The number of hydrogen-bond acceptors (Lipinski definition) is 3. The van der Waals surface area contributed by atoms with E-state index in [9.17, 15) is 9.59 Å². The Bertz CT molecular complexity index is 463. The lowest BCUT2D eigenvalue weighted by molar-refractivity contribution is -0.137. The molecule has 1 aliphatic rings. The Morgan fingerprint density at radius 2 is 2.05 bits per heavy atom. The SMILES string of the molecule is O=C(O)CCC1CCN(C(=O)CSc2ccccc2)C1. The molecule has 1 aromatic carbocycles. The molecule has 2 rings (SSSR count). The maximum atomic E-state index is 12.1. The standard InChI is InChI=1S/C15H19NO3S/c17-14(11-20-13-4-2-1-3-5-13)16-9-8-12(10-16)6-7-15(18)19/h1-5,12H,6-11H2,(H,18,19). The third kappa shape index (κ3) is 4.56. The van der Waals surface area contributed by atoms with E-state index in [1.54, 1.807) is 11.8 Å². The van der Waals surface area contributed by atoms with Crippen molar-refractivity contribution in [2.24, 2.45) is 5.92 Å². The molecule has 1 fully saturated rings. The zero-order valence-corrected chi connectivity index (χ0v) is 12.1. The fraction of sp³-hybridized carbons (Fsp3) is 0.467. The first kappa shape index (κ1) is 14.9. The first-order chi connectivity index (χ1) is 9.65. The first-order valence-corrected chi connectivity index (χ1v) is 7.81. The molecule has 1 unspecified atom stereocenters. The molecule has 0 aliphatic carbocycles. The lowest BCUT2D eigenvalue weighted by Gasteiger charge is -2.16. The molecule has 0 aromatic heterocycles. The molecule has 0 radical (unpaired) electrons. The highest BCUT2D eigenvalue weighted by molar-refractivity contribution is 8.00. The number of amides is 1. The summed E-state index contributed by atoms with van der Waals surface area (Å²) in [6.07, 6.45) is 1.80. The van der Waals surface area contributed by atoms with Crippen LogP contribution in [0.5, 0.6) is 0 Å². The summed E-state index contributed by atoms with van der Waals surface area (Å²) in [6, 6.07) is 9.88. The summed E-state index contributed by atoms with van der Waals surface area (Å²) in [7, 11) is 0. The van der Waals surface area contributed by atoms with Crippen molar-refractivity contribution in [1.29, 1.82) is 0 Å². The molecule has 1 atom stereocenters. The van der Waals surface area contributed by atoms with Gasteiger partial charge in [-0.1, -0.05) is 18.2 Å². The molecule has 1 aromatic rings. The molecular weight excluding hydrogens is 274 g/mol. The van der Waals surface area contributed by atoms with Gasteiger partial charge < -0.3 is 10.0 Å². The van der Waals surface area contributed by atoms with Gasteiger partial charge in [-0.05, 0) is 30.9 Å². The fourth-order valence-electron chi connectivity index (χ4n) is 2.38. The molecule has 0 saturated carbocycles. The number of likely N-dealkylation sites (tertiary alicyclic amines) is 1. The molecular formula is C15H19NO3S. The Morgan fingerprint density at radius 1 is 1.30 bits per heavy atom. The van der Waals surface area contributed by atoms with Crippen LogP contribution in [0.15, 0.2) is 35.2 Å². The Balaban J connectivity index is 1.73. The highest BCUT2D eigenvalue weighted by atomic mass is 32.2. The van der Waals surface area contributed by atoms with E-state index in [2.05, 4.69) is 0 Å². The predicted octanol–water partition coefficient (Wildman–Crippen LogP) is 2.49. The Hall–Kier alpha value is -1.49. The van der Waals surface area contributed by atoms with Crippen molar-refractivity contribution in [3.05, 3.63) is 30.3 Å². The fourth-order valence-corrected chi connectivity index (χ4v) is 3.20. The van der Waals surface area contributed by atoms with Crippen molar-refractivity contribution in [3.8, 4) is 0 Å². The average Bonchev–Trinajstić information content (AvgIpc) is 2.92. The zero-order valence-electron chi connectivity index (χ0n) is 11.3. The minimum atomic E-state index is -0.755. The lowest BCUT2D eigenvalue weighted by atomic mass is 10.0. The van der Waals surface area contributed by atoms with E-state index in [1.165, 1.54) is 0 Å². The Kier molecular flexibility index (Phi) is 5.47. The largest absolute Gasteiger partial charge is 0.481 e. The second-order valence-corrected chi connectivity index (χ2v) is 6.08. The monoisotopic (exact) mass is 293 g/mol. The van der Waals surface area contributed by atoms with Gasteiger partial charge in [0, 0.05) is 24.4 Å². The van der Waals surface area contributed by atoms with E-state index in [4.69, 9.17) is 5.11 Å². The molecule has 0 spiro atoms. The van der Waals surface area contributed by atoms with Crippen LogP contribution in [0.25, 0.3) is 0 Å². The highest BCUT2D eigenvalue weighted by Crippen LogP contribution is 2.23. The molecule has 1 saturated heterocycles. The van der Waals surface area contributed by atoms with E-state index in [0.29, 0.717) is 24.6 Å². The predicted molar refractivity (Wildman–Crippen MR) is 78.7 cm³/mol. The number of benzene rings is 1. The van der Waals surface area contributed by atoms with Gasteiger partial charge in [0.05, 0.1) is 5.75 Å². The summed E-state index contributed by atoms with van der Waals surface area (Å²) in [5, 5.41) is 8.68. The van der Waals surface area contributed by atoms with Crippen molar-refractivity contribution >= 4 is 23.6 Å². The molecule has 5 heteroatoms. The molecule has 1 heterocycles. The summed E-state index contributed by atoms with van der Waals surface area (Å²) in [5.41, 5.74) is 0. The maximum absolute atomic E-state index is 12.1. The quantitative estimate of drug-likeness (QED) is 0.819. The lowest BCUT2D eigenvalue weighted by Crippen LogP contribution is -2.30. The second-order valence-electron chi connectivity index (χ2n) is 5.03. The van der Waals surface area contributed by atoms with E-state index in [-0.39, 0.29) is 12.3 Å². The number of hydrogen-bond donors (Lipinski definition) is 1. The number of carboxylic acids is 1. The number of thioether (sulfide) groups is 1. The summed E-state index contributed by atoms with van der Waals surface area (Å²) < 4.78 is 0. The zero-order chi connectivity index (χ0) is 14.4. The minimum Gasteiger partial charge on any atom is -0.481 e. The molecule has 20 heavy (non-hydrogen) atoms. The van der Waals surface area contributed by atoms with Crippen LogP contribution in [0.3, 0.4) is 0 Å². The number of rotatable bonds is 6. The molecule has 1 aliphatic heterocycles. The topological polar surface area (TPSA) is 57.6 Å². The van der Waals surface area contributed by atoms with E-state index >= 15 is 0 Å². The number of nitrogens with zero attached hydrogens (tertiary/aromatic N) is 1. The third-order valence-electron chi connectivity index (χ3n) is 3.51. The van der Waals surface area contributed by atoms with Crippen LogP contribution < -0.4 is 0 Å². The molecule has 1 amide bonds. The van der Waals surface area contributed by atoms with Crippen molar-refractivity contribution in [2.45, 2.75) is 24.2 Å². The first-order valence-electron chi connectivity index (χ1n) is 6.82. The number of aliphatic carboxylic acids is 1. The number of carboxylic acid groups (broad SMARTS) is 1. The van der Waals surface area contributed by atoms with E-state index in [0.717, 1.165) is 17.9 Å². The summed E-state index contributed by atoms with van der Waals surface area (Å²) >= 11 is 1.55. The highest BCUT2D eigenvalue weighted by Gasteiger charge is 2.26. The van der Waals surface area contributed by atoms with Crippen LogP contribution in [0.4, 0.5) is 0 Å². The van der Waals surface area contributed by atoms with Gasteiger partial charge in [-0.2, -0.15) is 0 Å². The minimum absolute atomic E-state index is 0.150. The molecule has 1 N–H and O–H groups in total. The van der Waals surface area contributed by atoms with Crippen molar-refractivity contribution < 1.29 is 14.7 Å². The van der Waals surface area contributed by atoms with Crippen LogP contribution >= 0.6 is 11.8 Å². The van der Waals surface area contributed by atoms with Crippen LogP contribution in [-0.4, -0.2) is 40.7 Å². The smallest absolute Gasteiger partial charge is 0.303 e. The summed E-state index contributed by atoms with van der Waals surface area (Å²) in [5.74, 6) is 0.193. The molecule has 4 nitrogen and oxygen atoms in total. The van der Waals surface area contributed by atoms with Crippen LogP contribution in [-0.2, 0) is 9.59 Å². The van der Waals surface area contributed by atoms with Crippen LogP contribution in [0, 0.1) is 5.92 Å². The number of carbonyl (C=O) groups excluding carboxylic acids is 1. The maximum Gasteiger partial charge on any atom is 0.303 e. The van der Waals surface area contributed by atoms with Crippen LogP contribution in [0.1, 0.15) is 19.3 Å². The van der Waals surface area contributed by atoms with Gasteiger partial charge in [-0.3, -0.25) is 9.59 Å². The van der Waals surface area contributed by atoms with Gasteiger partial charge in [-0.15, -0.1) is 11.8 Å². The molecule has 0 bridgehead atoms. The molecule has 108 valence electrons. The second kappa shape index (κ2) is 7.33. The van der Waals surface area contributed by atoms with Gasteiger partial charge in [-0.25, -0.2) is 0 Å². The Morgan fingerprint density at radius 3 is 2.75 bits per heavy atom. The third-order valence-corrected chi connectivity index (χ3v) is 4.51. The number of carbonyl (C=O) groups is 2. The summed E-state index contributed by atoms with van der Waals surface area (Å²) in [6.45, 7) is 1.47. The van der Waals surface area contributed by atoms with Crippen molar-refractivity contribution in [3.63, 3.8) is 0 Å². The van der Waals surface area contributed by atoms with Gasteiger partial charge >= 0.3 is 5.97 Å². The van der Waals surface area contributed by atoms with E-state index in [1.807, 2.05) is 35.2 Å². The van der Waals surface area contributed by atoms with Gasteiger partial charge in [0.25, 0.3) is 0 Å². The van der Waals surface area contributed by atoms with Gasteiger partial charge in [0.1, 0.15) is 0 Å². The Labute approximate surface area is 123 Å².